The van der Waals surface area contributed by atoms with Gasteiger partial charge in [-0.15, -0.1) is 0 Å². The molecule has 0 aliphatic heterocycles. The Bertz CT molecular complexity index is 986. The number of carbonyl (C=O) groups excluding carboxylic acids is 1. The van der Waals surface area contributed by atoms with E-state index < -0.39 is 11.4 Å². The third kappa shape index (κ3) is 6.54. The monoisotopic (exact) mass is 490 g/mol. The molecule has 1 heterocycles. The zero-order valence-electron chi connectivity index (χ0n) is 14.7. The number of imidazole rings is 1. The highest BCUT2D eigenvalue weighted by Crippen LogP contribution is 2.31. The molecule has 0 radical (unpaired) electrons. The minimum absolute atomic E-state index is 0.157. The molecule has 0 bridgehead atoms. The highest BCUT2D eigenvalue weighted by Gasteiger charge is 2.21. The lowest BCUT2D eigenvalue weighted by Gasteiger charge is -2.19. The summed E-state index contributed by atoms with van der Waals surface area (Å²) < 4.78 is 12.7. The van der Waals surface area contributed by atoms with Gasteiger partial charge in [0.2, 0.25) is 0 Å². The largest absolute Gasteiger partial charge is 0.446 e. The third-order valence-electron chi connectivity index (χ3n) is 3.82. The summed E-state index contributed by atoms with van der Waals surface area (Å²) >= 11 is 24.7. The predicted octanol–water partition coefficient (Wildman–Crippen LogP) is 7.24. The van der Waals surface area contributed by atoms with E-state index in [1.165, 1.54) is 0 Å². The Labute approximate surface area is 192 Å². The molecule has 0 fully saturated rings. The van der Waals surface area contributed by atoms with Crippen LogP contribution in [0.25, 0.3) is 0 Å². The summed E-state index contributed by atoms with van der Waals surface area (Å²) in [5, 5.41) is 1.15. The average molecular weight is 492 g/mol. The molecule has 5 nitrogen and oxygen atoms in total. The van der Waals surface area contributed by atoms with Crippen LogP contribution in [-0.4, -0.2) is 14.9 Å². The van der Waals surface area contributed by atoms with Crippen molar-refractivity contribution in [3.05, 3.63) is 86.3 Å². The zero-order valence-corrected chi connectivity index (χ0v) is 18.6. The van der Waals surface area contributed by atoms with Gasteiger partial charge in [0.25, 0.3) is 0 Å². The van der Waals surface area contributed by atoms with Crippen LogP contribution in [0.15, 0.2) is 55.1 Å². The van der Waals surface area contributed by atoms with E-state index in [-0.39, 0.29) is 6.61 Å². The maximum atomic E-state index is 12.3. The molecular formula is C19H14Cl4N2O3S. The Morgan fingerprint density at radius 3 is 2.59 bits per heavy atom. The second kappa shape index (κ2) is 10.6. The topological polar surface area (TPSA) is 53.4 Å². The van der Waals surface area contributed by atoms with Crippen LogP contribution >= 0.6 is 58.4 Å². The molecule has 3 aromatic rings. The summed E-state index contributed by atoms with van der Waals surface area (Å²) in [6.07, 6.45) is 4.37. The normalized spacial score (nSPS) is 12.0. The first-order valence-corrected chi connectivity index (χ1v) is 10.5. The van der Waals surface area contributed by atoms with Gasteiger partial charge >= 0.3 is 5.30 Å². The average Bonchev–Trinajstić information content (AvgIpc) is 3.17. The van der Waals surface area contributed by atoms with Gasteiger partial charge in [-0.05, 0) is 29.8 Å². The third-order valence-corrected chi connectivity index (χ3v) is 5.59. The van der Waals surface area contributed by atoms with Crippen molar-refractivity contribution >= 4 is 63.7 Å². The number of hydrogen-bond acceptors (Lipinski definition) is 5. The van der Waals surface area contributed by atoms with Gasteiger partial charge in [0.15, 0.2) is 0 Å². The summed E-state index contributed by atoms with van der Waals surface area (Å²) in [7, 11) is 0. The van der Waals surface area contributed by atoms with Crippen LogP contribution in [-0.2, 0) is 22.1 Å². The van der Waals surface area contributed by atoms with Gasteiger partial charge in [-0.1, -0.05) is 58.5 Å². The van der Waals surface area contributed by atoms with E-state index in [2.05, 4.69) is 4.98 Å². The molecule has 1 unspecified atom stereocenters. The number of halogens is 4. The Kier molecular flexibility index (Phi) is 8.12. The highest BCUT2D eigenvalue weighted by atomic mass is 35.5. The lowest BCUT2D eigenvalue weighted by Crippen LogP contribution is -2.14. The molecule has 0 aliphatic carbocycles. The number of rotatable bonds is 7. The Morgan fingerprint density at radius 1 is 1.07 bits per heavy atom. The van der Waals surface area contributed by atoms with E-state index in [4.69, 9.17) is 55.3 Å². The van der Waals surface area contributed by atoms with Gasteiger partial charge in [-0.3, -0.25) is 0 Å². The molecule has 0 aliphatic rings. The van der Waals surface area contributed by atoms with Gasteiger partial charge in [-0.2, -0.15) is 0 Å². The van der Waals surface area contributed by atoms with Crippen LogP contribution in [0, 0.1) is 0 Å². The zero-order chi connectivity index (χ0) is 20.8. The van der Waals surface area contributed by atoms with Crippen molar-refractivity contribution in [2.45, 2.75) is 19.3 Å². The van der Waals surface area contributed by atoms with Gasteiger partial charge in [-0.25, -0.2) is 9.78 Å². The van der Waals surface area contributed by atoms with Crippen molar-refractivity contribution in [3.8, 4) is 0 Å². The molecule has 1 aromatic heterocycles. The van der Waals surface area contributed by atoms with Crippen LogP contribution in [0.5, 0.6) is 0 Å². The summed E-state index contributed by atoms with van der Waals surface area (Å²) in [5.41, 5.74) is 1.40. The molecule has 0 saturated carbocycles. The molecule has 0 spiro atoms. The van der Waals surface area contributed by atoms with E-state index in [0.29, 0.717) is 44.2 Å². The van der Waals surface area contributed by atoms with Crippen molar-refractivity contribution < 1.29 is 13.7 Å². The lowest BCUT2D eigenvalue weighted by molar-refractivity contribution is 0.109. The number of nitrogens with zero attached hydrogens (tertiary/aromatic N) is 2. The molecule has 0 saturated heterocycles. The van der Waals surface area contributed by atoms with Gasteiger partial charge in [0.1, 0.15) is 18.1 Å². The minimum atomic E-state index is -0.650. The minimum Gasteiger partial charge on any atom is -0.446 e. The summed E-state index contributed by atoms with van der Waals surface area (Å²) in [5.74, 6) is 0. The van der Waals surface area contributed by atoms with Crippen molar-refractivity contribution in [1.29, 1.82) is 0 Å². The maximum Gasteiger partial charge on any atom is 0.395 e. The number of ether oxygens (including phenoxy) is 1. The Morgan fingerprint density at radius 2 is 1.90 bits per heavy atom. The highest BCUT2D eigenvalue weighted by molar-refractivity contribution is 8.09. The second-order valence-electron chi connectivity index (χ2n) is 5.88. The Hall–Kier alpha value is -1.41. The number of aromatic nitrogens is 2. The van der Waals surface area contributed by atoms with E-state index in [1.54, 1.807) is 59.7 Å². The van der Waals surface area contributed by atoms with Crippen LogP contribution in [0.1, 0.15) is 17.2 Å². The first-order chi connectivity index (χ1) is 13.9. The van der Waals surface area contributed by atoms with Crippen LogP contribution in [0.2, 0.25) is 20.1 Å². The summed E-state index contributed by atoms with van der Waals surface area (Å²) in [6, 6.07) is 10.1. The van der Waals surface area contributed by atoms with Crippen LogP contribution in [0.3, 0.4) is 0 Å². The van der Waals surface area contributed by atoms with Crippen LogP contribution in [0.4, 0.5) is 4.79 Å². The van der Waals surface area contributed by atoms with Crippen molar-refractivity contribution in [3.63, 3.8) is 0 Å². The molecule has 152 valence electrons. The predicted molar refractivity (Wildman–Crippen MR) is 117 cm³/mol. The molecule has 29 heavy (non-hydrogen) atoms. The van der Waals surface area contributed by atoms with Crippen molar-refractivity contribution in [1.82, 2.24) is 9.55 Å². The molecule has 0 amide bonds. The molecule has 1 atom stereocenters. The fourth-order valence-electron chi connectivity index (χ4n) is 2.46. The quantitative estimate of drug-likeness (QED) is 0.257. The van der Waals surface area contributed by atoms with Gasteiger partial charge in [0.05, 0.1) is 29.5 Å². The first-order valence-electron chi connectivity index (χ1n) is 8.27. The molecule has 3 rings (SSSR count). The van der Waals surface area contributed by atoms with E-state index in [1.807, 2.05) is 0 Å². The number of benzene rings is 2. The molecule has 2 aromatic carbocycles. The smallest absolute Gasteiger partial charge is 0.395 e. The summed E-state index contributed by atoms with van der Waals surface area (Å²) in [4.78, 5) is 16.3. The van der Waals surface area contributed by atoms with Gasteiger partial charge in [0, 0.05) is 28.0 Å². The first kappa shape index (κ1) is 22.3. The standard InChI is InChI=1S/C19H14Cl4N2O3S/c20-13-2-3-14(16(22)8-13)18(9-25-6-5-24-11-25)28-19(26)29-27-10-12-1-4-15(21)17(23)7-12/h1-8,11,18H,9-10H2. The molecular weight excluding hydrogens is 478 g/mol. The van der Waals surface area contributed by atoms with Gasteiger partial charge < -0.3 is 13.5 Å². The second-order valence-corrected chi connectivity index (χ2v) is 8.27. The van der Waals surface area contributed by atoms with E-state index in [9.17, 15) is 4.79 Å². The summed E-state index contributed by atoms with van der Waals surface area (Å²) in [6.45, 7) is 0.491. The van der Waals surface area contributed by atoms with E-state index in [0.717, 1.165) is 5.56 Å². The van der Waals surface area contributed by atoms with Crippen LogP contribution < -0.4 is 0 Å². The fraction of sp³-hybridized carbons (Fsp3) is 0.158. The molecule has 0 N–H and O–H groups in total. The fourth-order valence-corrected chi connectivity index (χ4v) is 3.76. The number of carbonyl (C=O) groups is 1. The van der Waals surface area contributed by atoms with Crippen molar-refractivity contribution in [2.75, 3.05) is 0 Å². The lowest BCUT2D eigenvalue weighted by atomic mass is 10.1. The molecule has 10 heteroatoms. The van der Waals surface area contributed by atoms with Crippen molar-refractivity contribution in [2.24, 2.45) is 0 Å². The number of hydrogen-bond donors (Lipinski definition) is 0. The maximum absolute atomic E-state index is 12.3. The van der Waals surface area contributed by atoms with E-state index >= 15 is 0 Å². The Balaban J connectivity index is 1.63. The SMILES string of the molecule is O=C(OC(Cn1ccnc1)c1ccc(Cl)cc1Cl)SOCc1ccc(Cl)c(Cl)c1.